The van der Waals surface area contributed by atoms with E-state index in [4.69, 9.17) is 0 Å². The van der Waals surface area contributed by atoms with E-state index in [0.29, 0.717) is 0 Å². The second-order valence-electron chi connectivity index (χ2n) is 9.00. The quantitative estimate of drug-likeness (QED) is 0.660. The van der Waals surface area contributed by atoms with Gasteiger partial charge in [-0.1, -0.05) is 25.1 Å². The highest BCUT2D eigenvalue weighted by Crippen LogP contribution is 2.28. The van der Waals surface area contributed by atoms with Crippen LogP contribution >= 0.6 is 11.3 Å². The predicted octanol–water partition coefficient (Wildman–Crippen LogP) is 2.99. The van der Waals surface area contributed by atoms with Crippen LogP contribution in [0.15, 0.2) is 35.7 Å². The van der Waals surface area contributed by atoms with Gasteiger partial charge in [0.15, 0.2) is 6.04 Å². The van der Waals surface area contributed by atoms with Gasteiger partial charge in [-0.05, 0) is 73.2 Å². The highest BCUT2D eigenvalue weighted by atomic mass is 32.1. The molecule has 7 heteroatoms. The van der Waals surface area contributed by atoms with Gasteiger partial charge in [0, 0.05) is 5.69 Å². The summed E-state index contributed by atoms with van der Waals surface area (Å²) >= 11 is 1.81. The first-order valence-corrected chi connectivity index (χ1v) is 11.8. The maximum atomic E-state index is 4.54. The summed E-state index contributed by atoms with van der Waals surface area (Å²) in [5, 5.41) is 15.2. The number of nitrogens with one attached hydrogen (secondary N) is 1. The first-order valence-electron chi connectivity index (χ1n) is 10.9. The monoisotopic (exact) mass is 425 g/mol. The number of piperazine rings is 1. The Labute approximate surface area is 183 Å². The second-order valence-corrected chi connectivity index (χ2v) is 9.98. The van der Waals surface area contributed by atoms with Crippen molar-refractivity contribution in [3.8, 4) is 0 Å². The van der Waals surface area contributed by atoms with E-state index in [1.165, 1.54) is 21.7 Å². The van der Waals surface area contributed by atoms with Crippen molar-refractivity contribution in [3.05, 3.63) is 57.5 Å². The van der Waals surface area contributed by atoms with Crippen molar-refractivity contribution in [1.29, 1.82) is 0 Å². The van der Waals surface area contributed by atoms with Gasteiger partial charge in [-0.3, -0.25) is 0 Å². The topological polar surface area (TPSA) is 51.3 Å². The van der Waals surface area contributed by atoms with E-state index in [1.54, 1.807) is 4.90 Å². The normalized spacial score (nSPS) is 16.8. The van der Waals surface area contributed by atoms with Crippen LogP contribution in [-0.2, 0) is 5.54 Å². The fourth-order valence-corrected chi connectivity index (χ4v) is 5.18. The molecular weight excluding hydrogens is 392 g/mol. The number of hydrogen-bond donors (Lipinski definition) is 1. The number of aryl methyl sites for hydroxylation is 2. The van der Waals surface area contributed by atoms with Crippen LogP contribution in [0.3, 0.4) is 0 Å². The molecule has 1 aliphatic rings. The molecule has 1 fully saturated rings. The number of tetrazole rings is 1. The first-order chi connectivity index (χ1) is 14.4. The maximum absolute atomic E-state index is 4.54. The molecular formula is C23H33N6S+. The Morgan fingerprint density at radius 1 is 1.17 bits per heavy atom. The highest BCUT2D eigenvalue weighted by Gasteiger charge is 2.37. The van der Waals surface area contributed by atoms with Gasteiger partial charge in [-0.2, -0.15) is 0 Å². The zero-order valence-corrected chi connectivity index (χ0v) is 19.5. The highest BCUT2D eigenvalue weighted by molar-refractivity contribution is 7.10. The summed E-state index contributed by atoms with van der Waals surface area (Å²) in [6.45, 7) is 15.2. The third-order valence-corrected chi connectivity index (χ3v) is 7.47. The van der Waals surface area contributed by atoms with Crippen molar-refractivity contribution < 1.29 is 4.90 Å². The zero-order valence-electron chi connectivity index (χ0n) is 18.7. The number of anilines is 1. The summed E-state index contributed by atoms with van der Waals surface area (Å²) in [5.41, 5.74) is 3.95. The number of aromatic nitrogens is 4. The molecule has 0 spiro atoms. The van der Waals surface area contributed by atoms with Crippen molar-refractivity contribution in [1.82, 2.24) is 20.2 Å². The third-order valence-electron chi connectivity index (χ3n) is 6.54. The van der Waals surface area contributed by atoms with E-state index >= 15 is 0 Å². The number of quaternary nitrogens is 1. The van der Waals surface area contributed by atoms with Crippen molar-refractivity contribution >= 4 is 17.0 Å². The van der Waals surface area contributed by atoms with Gasteiger partial charge < -0.3 is 9.80 Å². The standard InChI is InChI=1S/C23H32N6S/c1-6-23(4,5)29-22(24-25-26-29)21(20-8-7-15-30-20)28-13-11-27(12-14-28)19-16-17(2)9-10-18(19)3/h7-10,15-16,21H,6,11-14H2,1-5H3/p+1/t21-/m0/s1. The molecule has 1 aliphatic heterocycles. The molecule has 0 unspecified atom stereocenters. The lowest BCUT2D eigenvalue weighted by atomic mass is 10.0. The zero-order chi connectivity index (χ0) is 21.3. The third kappa shape index (κ3) is 4.01. The minimum Gasteiger partial charge on any atom is -0.360 e. The van der Waals surface area contributed by atoms with Gasteiger partial charge >= 0.3 is 0 Å². The van der Waals surface area contributed by atoms with Gasteiger partial charge in [0.1, 0.15) is 0 Å². The molecule has 1 N–H and O–H groups in total. The Kier molecular flexibility index (Phi) is 5.93. The van der Waals surface area contributed by atoms with Crippen molar-refractivity contribution in [3.63, 3.8) is 0 Å². The lowest BCUT2D eigenvalue weighted by Crippen LogP contribution is -3.15. The van der Waals surface area contributed by atoms with Crippen LogP contribution in [0.4, 0.5) is 5.69 Å². The fraction of sp³-hybridized carbons (Fsp3) is 0.522. The van der Waals surface area contributed by atoms with Gasteiger partial charge in [0.05, 0.1) is 36.6 Å². The first kappa shape index (κ1) is 21.0. The van der Waals surface area contributed by atoms with Crippen LogP contribution in [0.2, 0.25) is 0 Å². The molecule has 3 aromatic rings. The number of hydrogen-bond acceptors (Lipinski definition) is 5. The summed E-state index contributed by atoms with van der Waals surface area (Å²) in [4.78, 5) is 5.42. The molecule has 3 heterocycles. The van der Waals surface area contributed by atoms with Crippen LogP contribution < -0.4 is 9.80 Å². The van der Waals surface area contributed by atoms with Crippen LogP contribution in [0.5, 0.6) is 0 Å². The fourth-order valence-electron chi connectivity index (χ4n) is 4.31. The minimum atomic E-state index is -0.103. The summed E-state index contributed by atoms with van der Waals surface area (Å²) in [6, 6.07) is 11.3. The number of thiophene rings is 1. The molecule has 2 aromatic heterocycles. The summed E-state index contributed by atoms with van der Waals surface area (Å²) in [5.74, 6) is 0.986. The maximum Gasteiger partial charge on any atom is 0.215 e. The predicted molar refractivity (Wildman–Crippen MR) is 122 cm³/mol. The largest absolute Gasteiger partial charge is 0.360 e. The van der Waals surface area contributed by atoms with Crippen LogP contribution in [0, 0.1) is 13.8 Å². The molecule has 0 saturated carbocycles. The molecule has 6 nitrogen and oxygen atoms in total. The Hall–Kier alpha value is -2.25. The van der Waals surface area contributed by atoms with Crippen LogP contribution in [0.1, 0.15) is 55.1 Å². The van der Waals surface area contributed by atoms with Gasteiger partial charge in [0.2, 0.25) is 5.82 Å². The average molecular weight is 426 g/mol. The molecule has 4 rings (SSSR count). The van der Waals surface area contributed by atoms with E-state index in [-0.39, 0.29) is 11.6 Å². The molecule has 160 valence electrons. The number of nitrogens with zero attached hydrogens (tertiary/aromatic N) is 5. The molecule has 1 saturated heterocycles. The molecule has 1 atom stereocenters. The Balaban J connectivity index is 1.61. The number of benzene rings is 1. The SMILES string of the molecule is CCC(C)(C)n1nnnc1[C@H](c1cccs1)[NH+]1CCN(c2cc(C)ccc2C)CC1. The lowest BCUT2D eigenvalue weighted by Gasteiger charge is -2.38. The Morgan fingerprint density at radius 2 is 1.93 bits per heavy atom. The molecule has 0 bridgehead atoms. The minimum absolute atomic E-state index is 0.103. The smallest absolute Gasteiger partial charge is 0.215 e. The van der Waals surface area contributed by atoms with Crippen molar-refractivity contribution in [2.45, 2.75) is 52.6 Å². The van der Waals surface area contributed by atoms with Gasteiger partial charge in [-0.25, -0.2) is 4.68 Å². The van der Waals surface area contributed by atoms with Crippen LogP contribution in [0.25, 0.3) is 0 Å². The lowest BCUT2D eigenvalue weighted by molar-refractivity contribution is -0.926. The molecule has 0 radical (unpaired) electrons. The summed E-state index contributed by atoms with van der Waals surface area (Å²) in [7, 11) is 0. The van der Waals surface area contributed by atoms with Crippen LogP contribution in [-0.4, -0.2) is 46.4 Å². The second kappa shape index (κ2) is 8.47. The Bertz CT molecular complexity index is 970. The van der Waals surface area contributed by atoms with E-state index in [2.05, 4.69) is 95.4 Å². The van der Waals surface area contributed by atoms with Gasteiger partial charge in [-0.15, -0.1) is 16.4 Å². The van der Waals surface area contributed by atoms with Gasteiger partial charge in [0.25, 0.3) is 0 Å². The number of rotatable bonds is 6. The molecule has 1 aromatic carbocycles. The Morgan fingerprint density at radius 3 is 2.60 bits per heavy atom. The summed E-state index contributed by atoms with van der Waals surface area (Å²) in [6.07, 6.45) is 0.984. The van der Waals surface area contributed by atoms with Crippen molar-refractivity contribution in [2.75, 3.05) is 31.1 Å². The molecule has 30 heavy (non-hydrogen) atoms. The van der Waals surface area contributed by atoms with E-state index in [1.807, 2.05) is 11.3 Å². The van der Waals surface area contributed by atoms with E-state index in [0.717, 1.165) is 38.4 Å². The molecule has 0 amide bonds. The molecule has 0 aliphatic carbocycles. The van der Waals surface area contributed by atoms with E-state index in [9.17, 15) is 0 Å². The average Bonchev–Trinajstić information content (AvgIpc) is 3.44. The van der Waals surface area contributed by atoms with Crippen molar-refractivity contribution in [2.24, 2.45) is 0 Å². The van der Waals surface area contributed by atoms with E-state index < -0.39 is 0 Å². The summed E-state index contributed by atoms with van der Waals surface area (Å²) < 4.78 is 2.06.